The molecule has 2 aromatic heterocycles. The third-order valence-electron chi connectivity index (χ3n) is 2.74. The number of thiophene rings is 1. The van der Waals surface area contributed by atoms with Gasteiger partial charge in [-0.1, -0.05) is 24.3 Å². The van der Waals surface area contributed by atoms with Crippen LogP contribution in [0.15, 0.2) is 54.0 Å². The van der Waals surface area contributed by atoms with E-state index >= 15 is 0 Å². The van der Waals surface area contributed by atoms with Crippen LogP contribution in [0.4, 0.5) is 5.69 Å². The van der Waals surface area contributed by atoms with Crippen molar-refractivity contribution in [2.45, 2.75) is 6.23 Å². The van der Waals surface area contributed by atoms with Crippen molar-refractivity contribution >= 4 is 27.9 Å². The highest BCUT2D eigenvalue weighted by atomic mass is 32.1. The number of aliphatic hydroxyl groups is 1. The molecule has 0 spiro atoms. The van der Waals surface area contributed by atoms with Crippen LogP contribution in [0.3, 0.4) is 0 Å². The number of rotatable bonds is 3. The summed E-state index contributed by atoms with van der Waals surface area (Å²) >= 11 is 1.52. The molecule has 0 radical (unpaired) electrons. The van der Waals surface area contributed by atoms with Crippen LogP contribution in [0, 0.1) is 0 Å². The number of aliphatic hydroxyl groups excluding tert-OH is 1. The van der Waals surface area contributed by atoms with Crippen molar-refractivity contribution in [2.75, 3.05) is 5.32 Å². The zero-order valence-corrected chi connectivity index (χ0v) is 10.4. The van der Waals surface area contributed by atoms with E-state index in [0.29, 0.717) is 0 Å². The van der Waals surface area contributed by atoms with E-state index in [2.05, 4.69) is 10.3 Å². The van der Waals surface area contributed by atoms with E-state index in [-0.39, 0.29) is 0 Å². The molecule has 4 heteroatoms. The van der Waals surface area contributed by atoms with Gasteiger partial charge in [0.2, 0.25) is 0 Å². The smallest absolute Gasteiger partial charge is 0.160 e. The molecule has 0 bridgehead atoms. The van der Waals surface area contributed by atoms with Crippen LogP contribution in [0.25, 0.3) is 10.9 Å². The quantitative estimate of drug-likeness (QED) is 0.706. The van der Waals surface area contributed by atoms with Crippen molar-refractivity contribution < 1.29 is 5.11 Å². The van der Waals surface area contributed by atoms with E-state index in [4.69, 9.17) is 0 Å². The van der Waals surface area contributed by atoms with Crippen molar-refractivity contribution in [1.82, 2.24) is 4.98 Å². The van der Waals surface area contributed by atoms with Gasteiger partial charge in [0.1, 0.15) is 0 Å². The summed E-state index contributed by atoms with van der Waals surface area (Å²) in [6.07, 6.45) is 1.06. The van der Waals surface area contributed by atoms with Gasteiger partial charge in [-0.25, -0.2) is 0 Å². The first kappa shape index (κ1) is 11.2. The highest BCUT2D eigenvalue weighted by Crippen LogP contribution is 2.26. The molecule has 0 aliphatic carbocycles. The van der Waals surface area contributed by atoms with Gasteiger partial charge in [0.25, 0.3) is 0 Å². The molecule has 18 heavy (non-hydrogen) atoms. The Hall–Kier alpha value is -1.91. The maximum atomic E-state index is 10.1. The number of nitrogens with one attached hydrogen (secondary N) is 1. The lowest BCUT2D eigenvalue weighted by atomic mass is 10.2. The van der Waals surface area contributed by atoms with Crippen LogP contribution in [0.2, 0.25) is 0 Å². The van der Waals surface area contributed by atoms with E-state index in [0.717, 1.165) is 21.5 Å². The molecule has 1 unspecified atom stereocenters. The largest absolute Gasteiger partial charge is 0.369 e. The second-order valence-corrected chi connectivity index (χ2v) is 4.92. The van der Waals surface area contributed by atoms with Crippen molar-refractivity contribution in [3.05, 3.63) is 58.9 Å². The Balaban J connectivity index is 1.95. The number of nitrogens with zero attached hydrogens (tertiary/aromatic N) is 1. The summed E-state index contributed by atoms with van der Waals surface area (Å²) in [6, 6.07) is 13.6. The fraction of sp³-hybridized carbons (Fsp3) is 0.0714. The Bertz CT molecular complexity index is 646. The second-order valence-electron chi connectivity index (χ2n) is 3.94. The standard InChI is InChI=1S/C14H12N2OS/c17-14(12-7-3-9-18-12)16-11-6-1-4-10-5-2-8-15-13(10)11/h1-9,14,16-17H. The summed E-state index contributed by atoms with van der Waals surface area (Å²) in [4.78, 5) is 5.24. The van der Waals surface area contributed by atoms with E-state index in [1.165, 1.54) is 11.3 Å². The first-order valence-corrected chi connectivity index (χ1v) is 6.54. The van der Waals surface area contributed by atoms with Gasteiger partial charge >= 0.3 is 0 Å². The molecule has 0 saturated heterocycles. The van der Waals surface area contributed by atoms with Gasteiger partial charge in [-0.05, 0) is 23.6 Å². The van der Waals surface area contributed by atoms with Crippen LogP contribution < -0.4 is 5.32 Å². The van der Waals surface area contributed by atoms with E-state index in [1.807, 2.05) is 47.8 Å². The molecular weight excluding hydrogens is 244 g/mol. The summed E-state index contributed by atoms with van der Waals surface area (Å²) in [7, 11) is 0. The van der Waals surface area contributed by atoms with E-state index in [1.54, 1.807) is 6.20 Å². The summed E-state index contributed by atoms with van der Waals surface area (Å²) in [5.41, 5.74) is 1.71. The van der Waals surface area contributed by atoms with Gasteiger partial charge in [0.05, 0.1) is 16.1 Å². The Kier molecular flexibility index (Phi) is 2.96. The zero-order valence-electron chi connectivity index (χ0n) is 9.58. The predicted octanol–water partition coefficient (Wildman–Crippen LogP) is 3.40. The minimum Gasteiger partial charge on any atom is -0.369 e. The minimum absolute atomic E-state index is 0.697. The number of hydrogen-bond donors (Lipinski definition) is 2. The van der Waals surface area contributed by atoms with Crippen LogP contribution in [-0.2, 0) is 0 Å². The van der Waals surface area contributed by atoms with Crippen molar-refractivity contribution in [2.24, 2.45) is 0 Å². The predicted molar refractivity (Wildman–Crippen MR) is 74.6 cm³/mol. The SMILES string of the molecule is OC(Nc1cccc2cccnc12)c1cccs1. The molecule has 3 rings (SSSR count). The Morgan fingerprint density at radius 3 is 2.83 bits per heavy atom. The Labute approximate surface area is 109 Å². The molecule has 3 nitrogen and oxygen atoms in total. The Morgan fingerprint density at radius 1 is 1.11 bits per heavy atom. The molecular formula is C14H12N2OS. The molecule has 0 aliphatic rings. The zero-order chi connectivity index (χ0) is 12.4. The second kappa shape index (κ2) is 4.76. The van der Waals surface area contributed by atoms with Gasteiger partial charge < -0.3 is 10.4 Å². The molecule has 1 aromatic carbocycles. The lowest BCUT2D eigenvalue weighted by Gasteiger charge is -2.13. The summed E-state index contributed by atoms with van der Waals surface area (Å²) in [5, 5.41) is 16.2. The molecule has 0 fully saturated rings. The monoisotopic (exact) mass is 256 g/mol. The van der Waals surface area contributed by atoms with Gasteiger partial charge in [-0.2, -0.15) is 0 Å². The lowest BCUT2D eigenvalue weighted by Crippen LogP contribution is -2.08. The normalized spacial score (nSPS) is 12.5. The minimum atomic E-state index is -0.697. The number of pyridine rings is 1. The highest BCUT2D eigenvalue weighted by molar-refractivity contribution is 7.10. The van der Waals surface area contributed by atoms with Crippen molar-refractivity contribution in [1.29, 1.82) is 0 Å². The van der Waals surface area contributed by atoms with Crippen LogP contribution in [-0.4, -0.2) is 10.1 Å². The summed E-state index contributed by atoms with van der Waals surface area (Å²) in [5.74, 6) is 0. The number of hydrogen-bond acceptors (Lipinski definition) is 4. The molecule has 0 amide bonds. The lowest BCUT2D eigenvalue weighted by molar-refractivity contribution is 0.212. The van der Waals surface area contributed by atoms with Gasteiger partial charge in [0, 0.05) is 11.6 Å². The van der Waals surface area contributed by atoms with Crippen LogP contribution in [0.5, 0.6) is 0 Å². The maximum Gasteiger partial charge on any atom is 0.160 e. The van der Waals surface area contributed by atoms with Crippen LogP contribution in [0.1, 0.15) is 11.1 Å². The van der Waals surface area contributed by atoms with Gasteiger partial charge in [-0.3, -0.25) is 4.98 Å². The topological polar surface area (TPSA) is 45.1 Å². The molecule has 1 atom stereocenters. The van der Waals surface area contributed by atoms with Crippen molar-refractivity contribution in [3.8, 4) is 0 Å². The third kappa shape index (κ3) is 2.08. The molecule has 2 N–H and O–H groups in total. The highest BCUT2D eigenvalue weighted by Gasteiger charge is 2.10. The first-order chi connectivity index (χ1) is 8.84. The summed E-state index contributed by atoms with van der Waals surface area (Å²) in [6.45, 7) is 0. The number of aromatic nitrogens is 1. The molecule has 2 heterocycles. The van der Waals surface area contributed by atoms with Crippen LogP contribution >= 0.6 is 11.3 Å². The third-order valence-corrected chi connectivity index (χ3v) is 3.66. The molecule has 90 valence electrons. The fourth-order valence-corrected chi connectivity index (χ4v) is 2.55. The molecule has 0 aliphatic heterocycles. The number of para-hydroxylation sites is 1. The average molecular weight is 256 g/mol. The fourth-order valence-electron chi connectivity index (χ4n) is 1.89. The van der Waals surface area contributed by atoms with E-state index < -0.39 is 6.23 Å². The van der Waals surface area contributed by atoms with E-state index in [9.17, 15) is 5.11 Å². The first-order valence-electron chi connectivity index (χ1n) is 5.66. The summed E-state index contributed by atoms with van der Waals surface area (Å²) < 4.78 is 0. The number of benzene rings is 1. The number of fused-ring (bicyclic) bond motifs is 1. The number of anilines is 1. The Morgan fingerprint density at radius 2 is 2.00 bits per heavy atom. The van der Waals surface area contributed by atoms with Gasteiger partial charge in [0.15, 0.2) is 6.23 Å². The maximum absolute atomic E-state index is 10.1. The molecule has 3 aromatic rings. The molecule has 0 saturated carbocycles. The average Bonchev–Trinajstić information content (AvgIpc) is 2.93. The van der Waals surface area contributed by atoms with Crippen molar-refractivity contribution in [3.63, 3.8) is 0 Å². The van der Waals surface area contributed by atoms with Gasteiger partial charge in [-0.15, -0.1) is 11.3 Å².